The molecule has 1 aliphatic carbocycles. The highest BCUT2D eigenvalue weighted by molar-refractivity contribution is 5.93. The highest BCUT2D eigenvalue weighted by Gasteiger charge is 2.35. The minimum Gasteiger partial charge on any atom is -0.339 e. The number of piperidine rings is 1. The maximum atomic E-state index is 12.4. The lowest BCUT2D eigenvalue weighted by Gasteiger charge is -2.36. The van der Waals surface area contributed by atoms with Gasteiger partial charge in [-0.2, -0.15) is 0 Å². The van der Waals surface area contributed by atoms with E-state index in [0.717, 1.165) is 12.8 Å². The summed E-state index contributed by atoms with van der Waals surface area (Å²) in [5.74, 6) is 0.106. The van der Waals surface area contributed by atoms with Crippen LogP contribution in [0.3, 0.4) is 0 Å². The van der Waals surface area contributed by atoms with Gasteiger partial charge in [-0.05, 0) is 31.4 Å². The lowest BCUT2D eigenvalue weighted by molar-refractivity contribution is -0.139. The van der Waals surface area contributed by atoms with Crippen molar-refractivity contribution in [2.45, 2.75) is 44.6 Å². The largest absolute Gasteiger partial charge is 0.339 e. The molecule has 1 atom stereocenters. The number of pyridine rings is 1. The van der Waals surface area contributed by atoms with Crippen molar-refractivity contribution in [1.82, 2.24) is 9.88 Å². The molecule has 1 aromatic rings. The molecule has 112 valence electrons. The molecule has 0 bridgehead atoms. The van der Waals surface area contributed by atoms with Crippen LogP contribution >= 0.6 is 0 Å². The smallest absolute Gasteiger partial charge is 0.229 e. The maximum Gasteiger partial charge on any atom is 0.229 e. The fourth-order valence-corrected chi connectivity index (χ4v) is 3.34. The van der Waals surface area contributed by atoms with Gasteiger partial charge < -0.3 is 10.2 Å². The number of anilines is 1. The van der Waals surface area contributed by atoms with Crippen molar-refractivity contribution in [1.29, 1.82) is 0 Å². The van der Waals surface area contributed by atoms with Crippen LogP contribution in [0.15, 0.2) is 24.5 Å². The van der Waals surface area contributed by atoms with Gasteiger partial charge in [0, 0.05) is 25.2 Å². The number of aromatic nitrogens is 1. The molecule has 1 aromatic heterocycles. The summed E-state index contributed by atoms with van der Waals surface area (Å²) >= 11 is 0. The van der Waals surface area contributed by atoms with Gasteiger partial charge in [0.05, 0.1) is 17.8 Å². The van der Waals surface area contributed by atoms with Crippen LogP contribution in [0.1, 0.15) is 38.5 Å². The van der Waals surface area contributed by atoms with E-state index in [1.54, 1.807) is 18.5 Å². The highest BCUT2D eigenvalue weighted by Crippen LogP contribution is 2.29. The minimum absolute atomic E-state index is 0.00139. The number of carbonyl (C=O) groups excluding carboxylic acids is 2. The molecule has 1 saturated carbocycles. The van der Waals surface area contributed by atoms with E-state index in [4.69, 9.17) is 0 Å². The number of nitrogens with zero attached hydrogens (tertiary/aromatic N) is 2. The van der Waals surface area contributed by atoms with Crippen molar-refractivity contribution in [2.75, 3.05) is 11.9 Å². The Balaban J connectivity index is 1.62. The summed E-state index contributed by atoms with van der Waals surface area (Å²) in [5.41, 5.74) is 0.715. The SMILES string of the molecule is O=C(Nc1cccnc1)C1CCC(=O)N(C2CCCC2)C1. The Morgan fingerprint density at radius 2 is 2.10 bits per heavy atom. The molecular weight excluding hydrogens is 266 g/mol. The first-order chi connectivity index (χ1) is 10.2. The van der Waals surface area contributed by atoms with E-state index in [1.165, 1.54) is 12.8 Å². The van der Waals surface area contributed by atoms with Crippen LogP contribution in [-0.4, -0.2) is 34.3 Å². The zero-order valence-electron chi connectivity index (χ0n) is 12.1. The molecule has 1 aliphatic heterocycles. The Bertz CT molecular complexity index is 512. The van der Waals surface area contributed by atoms with Crippen molar-refractivity contribution in [3.63, 3.8) is 0 Å². The molecule has 2 fully saturated rings. The number of carbonyl (C=O) groups is 2. The maximum absolute atomic E-state index is 12.4. The van der Waals surface area contributed by atoms with Crippen LogP contribution in [0, 0.1) is 5.92 Å². The van der Waals surface area contributed by atoms with E-state index in [2.05, 4.69) is 10.3 Å². The molecule has 2 amide bonds. The molecule has 0 radical (unpaired) electrons. The van der Waals surface area contributed by atoms with Gasteiger partial charge in [0.25, 0.3) is 0 Å². The van der Waals surface area contributed by atoms with Crippen molar-refractivity contribution >= 4 is 17.5 Å². The van der Waals surface area contributed by atoms with Crippen molar-refractivity contribution < 1.29 is 9.59 Å². The second-order valence-corrected chi connectivity index (χ2v) is 5.95. The average molecular weight is 287 g/mol. The molecular formula is C16H21N3O2. The topological polar surface area (TPSA) is 62.3 Å². The Morgan fingerprint density at radius 3 is 2.81 bits per heavy atom. The quantitative estimate of drug-likeness (QED) is 0.927. The summed E-state index contributed by atoms with van der Waals surface area (Å²) in [6.45, 7) is 0.565. The van der Waals surface area contributed by atoms with E-state index in [9.17, 15) is 9.59 Å². The Hall–Kier alpha value is -1.91. The van der Waals surface area contributed by atoms with Crippen LogP contribution < -0.4 is 5.32 Å². The zero-order chi connectivity index (χ0) is 14.7. The number of likely N-dealkylation sites (tertiary alicyclic amines) is 1. The summed E-state index contributed by atoms with van der Waals surface area (Å²) in [6, 6.07) is 3.98. The summed E-state index contributed by atoms with van der Waals surface area (Å²) in [7, 11) is 0. The first-order valence-corrected chi connectivity index (χ1v) is 7.74. The van der Waals surface area contributed by atoms with E-state index in [-0.39, 0.29) is 17.7 Å². The third-order valence-electron chi connectivity index (χ3n) is 4.51. The number of rotatable bonds is 3. The molecule has 5 nitrogen and oxygen atoms in total. The van der Waals surface area contributed by atoms with Crippen LogP contribution in [0.25, 0.3) is 0 Å². The van der Waals surface area contributed by atoms with Gasteiger partial charge in [-0.15, -0.1) is 0 Å². The average Bonchev–Trinajstić information content (AvgIpc) is 3.03. The van der Waals surface area contributed by atoms with Crippen LogP contribution in [0.4, 0.5) is 5.69 Å². The van der Waals surface area contributed by atoms with Crippen molar-refractivity contribution in [2.24, 2.45) is 5.92 Å². The second kappa shape index (κ2) is 6.24. The van der Waals surface area contributed by atoms with Crippen molar-refractivity contribution in [3.8, 4) is 0 Å². The Kier molecular flexibility index (Phi) is 4.18. The lowest BCUT2D eigenvalue weighted by atomic mass is 9.95. The molecule has 5 heteroatoms. The van der Waals surface area contributed by atoms with Gasteiger partial charge in [-0.3, -0.25) is 14.6 Å². The van der Waals surface area contributed by atoms with Crippen molar-refractivity contribution in [3.05, 3.63) is 24.5 Å². The van der Waals surface area contributed by atoms with Gasteiger partial charge >= 0.3 is 0 Å². The van der Waals surface area contributed by atoms with Crippen LogP contribution in [0.5, 0.6) is 0 Å². The monoisotopic (exact) mass is 287 g/mol. The first kappa shape index (κ1) is 14.0. The van der Waals surface area contributed by atoms with E-state index in [1.807, 2.05) is 11.0 Å². The first-order valence-electron chi connectivity index (χ1n) is 7.74. The molecule has 3 rings (SSSR count). The third kappa shape index (κ3) is 3.23. The van der Waals surface area contributed by atoms with Gasteiger partial charge in [0.15, 0.2) is 0 Å². The predicted octanol–water partition coefficient (Wildman–Crippen LogP) is 2.20. The molecule has 0 spiro atoms. The lowest BCUT2D eigenvalue weighted by Crippen LogP contribution is -2.48. The van der Waals surface area contributed by atoms with Gasteiger partial charge in [0.2, 0.25) is 11.8 Å². The standard InChI is InChI=1S/C16H21N3O2/c20-15-8-7-12(11-19(15)14-5-1-2-6-14)16(21)18-13-4-3-9-17-10-13/h3-4,9-10,12,14H,1-2,5-8,11H2,(H,18,21). The predicted molar refractivity (Wildman–Crippen MR) is 79.6 cm³/mol. The summed E-state index contributed by atoms with van der Waals surface area (Å²) < 4.78 is 0. The van der Waals surface area contributed by atoms with Gasteiger partial charge in [-0.1, -0.05) is 12.8 Å². The number of nitrogens with one attached hydrogen (secondary N) is 1. The molecule has 0 aromatic carbocycles. The summed E-state index contributed by atoms with van der Waals surface area (Å²) in [4.78, 5) is 30.4. The fraction of sp³-hybridized carbons (Fsp3) is 0.562. The molecule has 1 unspecified atom stereocenters. The summed E-state index contributed by atoms with van der Waals surface area (Å²) in [6.07, 6.45) is 9.01. The Labute approximate surface area is 124 Å². The molecule has 21 heavy (non-hydrogen) atoms. The minimum atomic E-state index is -0.108. The highest BCUT2D eigenvalue weighted by atomic mass is 16.2. The number of amides is 2. The van der Waals surface area contributed by atoms with Gasteiger partial charge in [-0.25, -0.2) is 0 Å². The normalized spacial score (nSPS) is 23.3. The van der Waals surface area contributed by atoms with Gasteiger partial charge in [0.1, 0.15) is 0 Å². The van der Waals surface area contributed by atoms with Crippen LogP contribution in [-0.2, 0) is 9.59 Å². The van der Waals surface area contributed by atoms with E-state index in [0.29, 0.717) is 31.1 Å². The Morgan fingerprint density at radius 1 is 1.29 bits per heavy atom. The summed E-state index contributed by atoms with van der Waals surface area (Å²) in [5, 5.41) is 2.90. The number of hydrogen-bond donors (Lipinski definition) is 1. The fourth-order valence-electron chi connectivity index (χ4n) is 3.34. The molecule has 1 N–H and O–H groups in total. The zero-order valence-corrected chi connectivity index (χ0v) is 12.1. The molecule has 2 aliphatic rings. The molecule has 2 heterocycles. The second-order valence-electron chi connectivity index (χ2n) is 5.95. The van der Waals surface area contributed by atoms with E-state index >= 15 is 0 Å². The molecule has 1 saturated heterocycles. The van der Waals surface area contributed by atoms with Crippen LogP contribution in [0.2, 0.25) is 0 Å². The third-order valence-corrected chi connectivity index (χ3v) is 4.51. The number of hydrogen-bond acceptors (Lipinski definition) is 3. The van der Waals surface area contributed by atoms with E-state index < -0.39 is 0 Å².